The van der Waals surface area contributed by atoms with Crippen LogP contribution in [0.15, 0.2) is 36.8 Å². The van der Waals surface area contributed by atoms with Crippen molar-refractivity contribution < 1.29 is 0 Å². The number of rotatable bonds is 3. The third-order valence-electron chi connectivity index (χ3n) is 3.77. The van der Waals surface area contributed by atoms with Crippen LogP contribution in [0.4, 0.5) is 0 Å². The second-order valence-electron chi connectivity index (χ2n) is 5.17. The molecule has 3 heteroatoms. The van der Waals surface area contributed by atoms with E-state index in [9.17, 15) is 0 Å². The Morgan fingerprint density at radius 3 is 2.83 bits per heavy atom. The van der Waals surface area contributed by atoms with Crippen LogP contribution in [0.1, 0.15) is 32.1 Å². The molecule has 0 unspecified atom stereocenters. The van der Waals surface area contributed by atoms with Crippen molar-refractivity contribution in [3.63, 3.8) is 0 Å². The van der Waals surface area contributed by atoms with Gasteiger partial charge < -0.3 is 0 Å². The van der Waals surface area contributed by atoms with Crippen LogP contribution in [-0.4, -0.2) is 14.8 Å². The molecule has 0 amide bonds. The molecule has 2 aromatic rings. The Bertz CT molecular complexity index is 483. The fourth-order valence-corrected chi connectivity index (χ4v) is 2.77. The average molecular weight is 241 g/mol. The largest absolute Gasteiger partial charge is 0.272 e. The van der Waals surface area contributed by atoms with E-state index in [-0.39, 0.29) is 0 Å². The molecule has 0 atom stereocenters. The minimum Gasteiger partial charge on any atom is -0.272 e. The van der Waals surface area contributed by atoms with Gasteiger partial charge in [0.2, 0.25) is 0 Å². The number of hydrogen-bond donors (Lipinski definition) is 0. The Hall–Kier alpha value is -1.64. The van der Waals surface area contributed by atoms with Gasteiger partial charge in [-0.05, 0) is 37.0 Å². The van der Waals surface area contributed by atoms with Gasteiger partial charge in [0.05, 0.1) is 5.69 Å². The van der Waals surface area contributed by atoms with Crippen molar-refractivity contribution in [3.05, 3.63) is 36.8 Å². The first-order chi connectivity index (χ1) is 8.92. The molecule has 0 saturated heterocycles. The van der Waals surface area contributed by atoms with E-state index < -0.39 is 0 Å². The monoisotopic (exact) mass is 241 g/mol. The van der Waals surface area contributed by atoms with Gasteiger partial charge in [-0.15, -0.1) is 0 Å². The van der Waals surface area contributed by atoms with Crippen molar-refractivity contribution in [2.45, 2.75) is 38.6 Å². The highest BCUT2D eigenvalue weighted by Gasteiger charge is 2.14. The van der Waals surface area contributed by atoms with Crippen molar-refractivity contribution in [2.75, 3.05) is 0 Å². The number of aromatic nitrogens is 3. The third kappa shape index (κ3) is 2.61. The second kappa shape index (κ2) is 5.34. The van der Waals surface area contributed by atoms with E-state index in [1.807, 2.05) is 12.3 Å². The Morgan fingerprint density at radius 2 is 2.06 bits per heavy atom. The number of hydrogen-bond acceptors (Lipinski definition) is 2. The highest BCUT2D eigenvalue weighted by Crippen LogP contribution is 2.25. The summed E-state index contributed by atoms with van der Waals surface area (Å²) in [6, 6.07) is 6.09. The molecule has 1 aliphatic rings. The average Bonchev–Trinajstić information content (AvgIpc) is 2.89. The van der Waals surface area contributed by atoms with Crippen LogP contribution in [0.3, 0.4) is 0 Å². The zero-order chi connectivity index (χ0) is 12.2. The molecule has 1 aliphatic carbocycles. The maximum atomic E-state index is 4.65. The van der Waals surface area contributed by atoms with Gasteiger partial charge in [-0.1, -0.05) is 19.3 Å². The van der Waals surface area contributed by atoms with Gasteiger partial charge >= 0.3 is 0 Å². The number of nitrogens with zero attached hydrogens (tertiary/aromatic N) is 3. The first-order valence-corrected chi connectivity index (χ1v) is 6.86. The van der Waals surface area contributed by atoms with E-state index in [1.165, 1.54) is 32.1 Å². The molecular weight excluding hydrogens is 222 g/mol. The van der Waals surface area contributed by atoms with E-state index in [0.717, 1.165) is 23.7 Å². The highest BCUT2D eigenvalue weighted by atomic mass is 15.3. The summed E-state index contributed by atoms with van der Waals surface area (Å²) in [5, 5.41) is 4.65. The van der Waals surface area contributed by atoms with Crippen molar-refractivity contribution >= 4 is 0 Å². The molecule has 0 spiro atoms. The zero-order valence-corrected chi connectivity index (χ0v) is 10.6. The van der Waals surface area contributed by atoms with Gasteiger partial charge in [-0.2, -0.15) is 5.10 Å². The number of pyridine rings is 1. The van der Waals surface area contributed by atoms with Gasteiger partial charge in [0.15, 0.2) is 0 Å². The lowest BCUT2D eigenvalue weighted by Crippen LogP contribution is -2.14. The predicted octanol–water partition coefficient (Wildman–Crippen LogP) is 3.53. The quantitative estimate of drug-likeness (QED) is 0.823. The molecule has 1 fully saturated rings. The molecule has 0 radical (unpaired) electrons. The van der Waals surface area contributed by atoms with Crippen LogP contribution in [0.5, 0.6) is 0 Å². The molecule has 3 rings (SSSR count). The summed E-state index contributed by atoms with van der Waals surface area (Å²) in [7, 11) is 0. The van der Waals surface area contributed by atoms with Crippen LogP contribution >= 0.6 is 0 Å². The van der Waals surface area contributed by atoms with E-state index in [0.29, 0.717) is 0 Å². The van der Waals surface area contributed by atoms with E-state index >= 15 is 0 Å². The molecule has 0 aromatic carbocycles. The summed E-state index contributed by atoms with van der Waals surface area (Å²) in [5.41, 5.74) is 2.12. The topological polar surface area (TPSA) is 30.7 Å². The van der Waals surface area contributed by atoms with Gasteiger partial charge in [0.25, 0.3) is 0 Å². The van der Waals surface area contributed by atoms with Crippen LogP contribution in [0, 0.1) is 5.92 Å². The summed E-state index contributed by atoms with van der Waals surface area (Å²) in [6.45, 7) is 1.07. The van der Waals surface area contributed by atoms with Crippen LogP contribution in [-0.2, 0) is 6.54 Å². The minimum absolute atomic E-state index is 0.820. The van der Waals surface area contributed by atoms with Crippen LogP contribution in [0.25, 0.3) is 11.3 Å². The molecule has 3 nitrogen and oxygen atoms in total. The lowest BCUT2D eigenvalue weighted by atomic mass is 9.89. The summed E-state index contributed by atoms with van der Waals surface area (Å²) in [4.78, 5) is 4.14. The second-order valence-corrected chi connectivity index (χ2v) is 5.17. The maximum absolute atomic E-state index is 4.65. The Balaban J connectivity index is 1.69. The molecule has 2 heterocycles. The first kappa shape index (κ1) is 11.5. The first-order valence-electron chi connectivity index (χ1n) is 6.86. The molecule has 18 heavy (non-hydrogen) atoms. The van der Waals surface area contributed by atoms with Gasteiger partial charge in [0.1, 0.15) is 0 Å². The van der Waals surface area contributed by atoms with E-state index in [1.54, 1.807) is 6.20 Å². The predicted molar refractivity (Wildman–Crippen MR) is 72.0 cm³/mol. The fraction of sp³-hybridized carbons (Fsp3) is 0.467. The molecule has 0 aliphatic heterocycles. The van der Waals surface area contributed by atoms with Crippen molar-refractivity contribution in [2.24, 2.45) is 5.92 Å². The van der Waals surface area contributed by atoms with Crippen LogP contribution < -0.4 is 0 Å². The normalized spacial score (nSPS) is 16.9. The van der Waals surface area contributed by atoms with Gasteiger partial charge in [-0.3, -0.25) is 9.67 Å². The minimum atomic E-state index is 0.820. The van der Waals surface area contributed by atoms with Gasteiger partial charge in [0, 0.05) is 30.7 Å². The lowest BCUT2D eigenvalue weighted by Gasteiger charge is -2.21. The Labute approximate surface area is 108 Å². The maximum Gasteiger partial charge on any atom is 0.0938 e. The smallest absolute Gasteiger partial charge is 0.0938 e. The van der Waals surface area contributed by atoms with Crippen molar-refractivity contribution in [1.29, 1.82) is 0 Å². The SMILES string of the molecule is c1cncc(-c2ccn(CC3CCCCC3)n2)c1. The van der Waals surface area contributed by atoms with Crippen molar-refractivity contribution in [1.82, 2.24) is 14.8 Å². The summed E-state index contributed by atoms with van der Waals surface area (Å²) in [6.07, 6.45) is 12.7. The van der Waals surface area contributed by atoms with Crippen molar-refractivity contribution in [3.8, 4) is 11.3 Å². The molecular formula is C15H19N3. The molecule has 94 valence electrons. The standard InChI is InChI=1S/C15H19N3/c1-2-5-13(6-3-1)12-18-10-8-15(17-18)14-7-4-9-16-11-14/h4,7-11,13H,1-3,5-6,12H2. The van der Waals surface area contributed by atoms with E-state index in [2.05, 4.69) is 33.1 Å². The lowest BCUT2D eigenvalue weighted by molar-refractivity contribution is 0.308. The van der Waals surface area contributed by atoms with E-state index in [4.69, 9.17) is 0 Å². The summed E-state index contributed by atoms with van der Waals surface area (Å²) >= 11 is 0. The molecule has 0 bridgehead atoms. The highest BCUT2D eigenvalue weighted by molar-refractivity contribution is 5.56. The van der Waals surface area contributed by atoms with Gasteiger partial charge in [-0.25, -0.2) is 0 Å². The zero-order valence-electron chi connectivity index (χ0n) is 10.6. The fourth-order valence-electron chi connectivity index (χ4n) is 2.77. The summed E-state index contributed by atoms with van der Waals surface area (Å²) in [5.74, 6) is 0.820. The Morgan fingerprint density at radius 1 is 1.17 bits per heavy atom. The third-order valence-corrected chi connectivity index (χ3v) is 3.77. The Kier molecular flexibility index (Phi) is 3.40. The summed E-state index contributed by atoms with van der Waals surface area (Å²) < 4.78 is 2.10. The molecule has 2 aromatic heterocycles. The van der Waals surface area contributed by atoms with Crippen LogP contribution in [0.2, 0.25) is 0 Å². The molecule has 0 N–H and O–H groups in total. The molecule has 1 saturated carbocycles.